The number of hydrogen-bond donors (Lipinski definition) is 1. The highest BCUT2D eigenvalue weighted by molar-refractivity contribution is 5.92. The maximum Gasteiger partial charge on any atom is 0.262 e. The number of benzene rings is 3. The second-order valence-electron chi connectivity index (χ2n) is 6.19. The van der Waals surface area contributed by atoms with Gasteiger partial charge in [-0.1, -0.05) is 60.7 Å². The molecule has 0 aliphatic rings. The molecule has 0 atom stereocenters. The fourth-order valence-corrected chi connectivity index (χ4v) is 2.82. The molecule has 1 amide bonds. The van der Waals surface area contributed by atoms with Gasteiger partial charge in [-0.25, -0.2) is 0 Å². The predicted molar refractivity (Wildman–Crippen MR) is 114 cm³/mol. The minimum atomic E-state index is -0.230. The summed E-state index contributed by atoms with van der Waals surface area (Å²) in [4.78, 5) is 12.2. The molecule has 1 N–H and O–H groups in total. The minimum Gasteiger partial charge on any atom is -0.493 e. The fraction of sp³-hybridized carbons (Fsp3) is 0.125. The van der Waals surface area contributed by atoms with Crippen molar-refractivity contribution in [2.75, 3.05) is 19.0 Å². The van der Waals surface area contributed by atoms with Crippen LogP contribution >= 0.6 is 0 Å². The number of ether oxygens (including phenoxy) is 2. The molecule has 0 spiro atoms. The maximum absolute atomic E-state index is 12.2. The van der Waals surface area contributed by atoms with Crippen LogP contribution in [0.3, 0.4) is 0 Å². The Bertz CT molecular complexity index is 947. The summed E-state index contributed by atoms with van der Waals surface area (Å²) in [5.41, 5.74) is 3.97. The average molecular weight is 373 g/mol. The van der Waals surface area contributed by atoms with Crippen molar-refractivity contribution in [1.82, 2.24) is 0 Å². The highest BCUT2D eigenvalue weighted by atomic mass is 16.5. The van der Waals surface area contributed by atoms with E-state index in [0.29, 0.717) is 11.5 Å². The molecule has 0 heterocycles. The number of amides is 1. The molecule has 142 valence electrons. The molecule has 0 aliphatic heterocycles. The van der Waals surface area contributed by atoms with E-state index in [9.17, 15) is 4.79 Å². The quantitative estimate of drug-likeness (QED) is 0.602. The molecule has 0 aromatic heterocycles. The van der Waals surface area contributed by atoms with E-state index in [1.807, 2.05) is 73.7 Å². The average Bonchev–Trinajstić information content (AvgIpc) is 2.74. The van der Waals surface area contributed by atoms with Crippen molar-refractivity contribution in [3.63, 3.8) is 0 Å². The van der Waals surface area contributed by atoms with Crippen LogP contribution in [0.4, 0.5) is 5.69 Å². The first-order chi connectivity index (χ1) is 13.7. The van der Waals surface area contributed by atoms with Gasteiger partial charge in [-0.2, -0.15) is 0 Å². The Morgan fingerprint density at radius 3 is 2.32 bits per heavy atom. The van der Waals surface area contributed by atoms with E-state index in [2.05, 4.69) is 17.4 Å². The van der Waals surface area contributed by atoms with Crippen LogP contribution in [0.1, 0.15) is 12.5 Å². The number of carbonyl (C=O) groups is 1. The van der Waals surface area contributed by atoms with Gasteiger partial charge in [0, 0.05) is 5.69 Å². The zero-order valence-electron chi connectivity index (χ0n) is 16.0. The lowest BCUT2D eigenvalue weighted by molar-refractivity contribution is -0.118. The summed E-state index contributed by atoms with van der Waals surface area (Å²) in [6.07, 6.45) is 3.92. The first kappa shape index (κ1) is 19.2. The molecule has 3 aromatic carbocycles. The van der Waals surface area contributed by atoms with Crippen molar-refractivity contribution in [1.29, 1.82) is 0 Å². The topological polar surface area (TPSA) is 47.6 Å². The molecule has 4 nitrogen and oxygen atoms in total. The van der Waals surface area contributed by atoms with Gasteiger partial charge in [0.25, 0.3) is 5.91 Å². The number of allylic oxidation sites excluding steroid dienone is 1. The summed E-state index contributed by atoms with van der Waals surface area (Å²) in [7, 11) is 1.58. The normalized spacial score (nSPS) is 10.6. The van der Waals surface area contributed by atoms with Crippen LogP contribution in [-0.2, 0) is 4.79 Å². The van der Waals surface area contributed by atoms with Crippen LogP contribution in [0.5, 0.6) is 11.5 Å². The van der Waals surface area contributed by atoms with Crippen LogP contribution in [0.25, 0.3) is 17.2 Å². The number of nitrogens with one attached hydrogen (secondary N) is 1. The van der Waals surface area contributed by atoms with Gasteiger partial charge in [0.15, 0.2) is 18.1 Å². The summed E-state index contributed by atoms with van der Waals surface area (Å²) in [5, 5.41) is 2.84. The third-order valence-electron chi connectivity index (χ3n) is 4.18. The van der Waals surface area contributed by atoms with Gasteiger partial charge >= 0.3 is 0 Å². The number of rotatable bonds is 7. The smallest absolute Gasteiger partial charge is 0.262 e. The molecule has 28 heavy (non-hydrogen) atoms. The van der Waals surface area contributed by atoms with E-state index in [4.69, 9.17) is 9.47 Å². The van der Waals surface area contributed by atoms with E-state index < -0.39 is 0 Å². The Balaban J connectivity index is 1.59. The Kier molecular flexibility index (Phi) is 6.47. The first-order valence-corrected chi connectivity index (χ1v) is 9.08. The Hall–Kier alpha value is -3.53. The number of methoxy groups -OCH3 is 1. The molecule has 0 unspecified atom stereocenters. The van der Waals surface area contributed by atoms with Crippen molar-refractivity contribution in [2.45, 2.75) is 6.92 Å². The largest absolute Gasteiger partial charge is 0.493 e. The first-order valence-electron chi connectivity index (χ1n) is 9.08. The summed E-state index contributed by atoms with van der Waals surface area (Å²) in [6, 6.07) is 23.4. The Labute approximate surface area is 165 Å². The zero-order chi connectivity index (χ0) is 19.8. The summed E-state index contributed by atoms with van der Waals surface area (Å²) in [5.74, 6) is 0.896. The van der Waals surface area contributed by atoms with Gasteiger partial charge in [-0.05, 0) is 47.9 Å². The van der Waals surface area contributed by atoms with Gasteiger partial charge in [0.05, 0.1) is 7.11 Å². The number of anilines is 1. The highest BCUT2D eigenvalue weighted by Crippen LogP contribution is 2.28. The molecule has 3 aromatic rings. The molecule has 0 saturated carbocycles. The Morgan fingerprint density at radius 1 is 0.929 bits per heavy atom. The molecule has 4 heteroatoms. The molecule has 3 rings (SSSR count). The Morgan fingerprint density at radius 2 is 1.64 bits per heavy atom. The predicted octanol–water partition coefficient (Wildman–Crippen LogP) is 5.41. The van der Waals surface area contributed by atoms with Crippen LogP contribution < -0.4 is 14.8 Å². The van der Waals surface area contributed by atoms with Gasteiger partial charge in [0.2, 0.25) is 0 Å². The van der Waals surface area contributed by atoms with Gasteiger partial charge in [-0.15, -0.1) is 0 Å². The van der Waals surface area contributed by atoms with E-state index in [1.54, 1.807) is 13.2 Å². The highest BCUT2D eigenvalue weighted by Gasteiger charge is 2.09. The van der Waals surface area contributed by atoms with Crippen LogP contribution in [0.2, 0.25) is 0 Å². The lowest BCUT2D eigenvalue weighted by Crippen LogP contribution is -2.20. The lowest BCUT2D eigenvalue weighted by Gasteiger charge is -2.12. The second kappa shape index (κ2) is 9.42. The zero-order valence-corrected chi connectivity index (χ0v) is 16.0. The molecular weight excluding hydrogens is 350 g/mol. The van der Waals surface area contributed by atoms with Gasteiger partial charge in [-0.3, -0.25) is 4.79 Å². The maximum atomic E-state index is 12.2. The number of carbonyl (C=O) groups excluding carboxylic acids is 1. The van der Waals surface area contributed by atoms with E-state index >= 15 is 0 Å². The molecule has 0 fully saturated rings. The van der Waals surface area contributed by atoms with Crippen LogP contribution in [0, 0.1) is 0 Å². The van der Waals surface area contributed by atoms with Crippen molar-refractivity contribution >= 4 is 17.7 Å². The molecule has 0 bridgehead atoms. The third-order valence-corrected chi connectivity index (χ3v) is 4.18. The van der Waals surface area contributed by atoms with E-state index in [-0.39, 0.29) is 12.5 Å². The second-order valence-corrected chi connectivity index (χ2v) is 6.19. The fourth-order valence-electron chi connectivity index (χ4n) is 2.82. The third kappa shape index (κ3) is 5.01. The van der Waals surface area contributed by atoms with E-state index in [1.165, 1.54) is 0 Å². The van der Waals surface area contributed by atoms with Crippen molar-refractivity contribution in [2.24, 2.45) is 0 Å². The molecule has 0 aliphatic carbocycles. The van der Waals surface area contributed by atoms with Gasteiger partial charge < -0.3 is 14.8 Å². The van der Waals surface area contributed by atoms with Gasteiger partial charge in [0.1, 0.15) is 0 Å². The van der Waals surface area contributed by atoms with Crippen molar-refractivity contribution in [3.05, 3.63) is 84.4 Å². The van der Waals surface area contributed by atoms with Crippen LogP contribution in [-0.4, -0.2) is 19.6 Å². The monoisotopic (exact) mass is 373 g/mol. The van der Waals surface area contributed by atoms with Crippen LogP contribution in [0.15, 0.2) is 78.9 Å². The summed E-state index contributed by atoms with van der Waals surface area (Å²) >= 11 is 0. The summed E-state index contributed by atoms with van der Waals surface area (Å²) < 4.78 is 11.0. The van der Waals surface area contributed by atoms with Crippen molar-refractivity contribution < 1.29 is 14.3 Å². The minimum absolute atomic E-state index is 0.0975. The SMILES string of the molecule is C/C=C/c1ccc(OCC(=O)Nc2ccc(-c3ccccc3)cc2)c(OC)c1. The van der Waals surface area contributed by atoms with Crippen molar-refractivity contribution in [3.8, 4) is 22.6 Å². The molecule has 0 radical (unpaired) electrons. The lowest BCUT2D eigenvalue weighted by atomic mass is 10.1. The standard InChI is InChI=1S/C24H23NO3/c1-3-7-18-10-15-22(23(16-18)27-2)28-17-24(26)25-21-13-11-20(12-14-21)19-8-5-4-6-9-19/h3-16H,17H2,1-2H3,(H,25,26)/b7-3+. The molecular formula is C24H23NO3. The molecule has 0 saturated heterocycles. The van der Waals surface area contributed by atoms with E-state index in [0.717, 1.165) is 22.4 Å². The number of hydrogen-bond acceptors (Lipinski definition) is 3. The summed E-state index contributed by atoms with van der Waals surface area (Å²) in [6.45, 7) is 1.85.